The molecule has 1 aliphatic rings. The minimum absolute atomic E-state index is 0.0463. The van der Waals surface area contributed by atoms with E-state index in [1.54, 1.807) is 11.0 Å². The fourth-order valence-corrected chi connectivity index (χ4v) is 6.56. The van der Waals surface area contributed by atoms with E-state index in [1.807, 2.05) is 171 Å². The molecule has 2 aromatic heterocycles. The molecule has 0 N–H and O–H groups in total. The Morgan fingerprint density at radius 2 is 1.04 bits per heavy atom. The highest BCUT2D eigenvalue weighted by atomic mass is 16.2. The van der Waals surface area contributed by atoms with Crippen LogP contribution in [0.1, 0.15) is 22.5 Å². The van der Waals surface area contributed by atoms with Crippen LogP contribution in [0.2, 0.25) is 0 Å². The molecular formula is C48H36N6O2. The summed E-state index contributed by atoms with van der Waals surface area (Å²) in [6.07, 6.45) is 11.3. The molecule has 8 nitrogen and oxygen atoms in total. The molecule has 0 spiro atoms. The van der Waals surface area contributed by atoms with Crippen molar-refractivity contribution in [3.63, 3.8) is 0 Å². The van der Waals surface area contributed by atoms with E-state index in [0.29, 0.717) is 35.9 Å². The van der Waals surface area contributed by atoms with Gasteiger partial charge in [0.15, 0.2) is 0 Å². The summed E-state index contributed by atoms with van der Waals surface area (Å²) in [5, 5.41) is 0. The zero-order valence-electron chi connectivity index (χ0n) is 30.6. The van der Waals surface area contributed by atoms with Crippen molar-refractivity contribution in [3.8, 4) is 44.9 Å². The molecule has 0 saturated heterocycles. The Labute approximate surface area is 325 Å². The molecular weight excluding hydrogens is 693 g/mol. The van der Waals surface area contributed by atoms with Gasteiger partial charge in [0.2, 0.25) is 18.3 Å². The van der Waals surface area contributed by atoms with Crippen LogP contribution in [0.5, 0.6) is 0 Å². The summed E-state index contributed by atoms with van der Waals surface area (Å²) in [5.41, 5.74) is 8.67. The van der Waals surface area contributed by atoms with Crippen LogP contribution in [0, 0.1) is 0 Å². The van der Waals surface area contributed by atoms with Crippen molar-refractivity contribution in [2.24, 2.45) is 0 Å². The van der Waals surface area contributed by atoms with Gasteiger partial charge >= 0.3 is 0 Å². The number of rotatable bonds is 10. The Kier molecular flexibility index (Phi) is 10.3. The van der Waals surface area contributed by atoms with Crippen molar-refractivity contribution in [3.05, 3.63) is 193 Å². The predicted octanol–water partition coefficient (Wildman–Crippen LogP) is 10.4. The maximum atomic E-state index is 15.0. The molecule has 5 aromatic carbocycles. The molecule has 2 heterocycles. The van der Waals surface area contributed by atoms with Crippen molar-refractivity contribution in [1.82, 2.24) is 19.9 Å². The number of benzene rings is 5. The number of amides is 2. The van der Waals surface area contributed by atoms with Gasteiger partial charge in [0.05, 0.1) is 34.0 Å². The van der Waals surface area contributed by atoms with Gasteiger partial charge in [0.25, 0.3) is 5.91 Å². The van der Waals surface area contributed by atoms with Gasteiger partial charge in [-0.2, -0.15) is 0 Å². The lowest BCUT2D eigenvalue weighted by Crippen LogP contribution is -2.32. The fourth-order valence-electron chi connectivity index (χ4n) is 6.56. The van der Waals surface area contributed by atoms with Crippen LogP contribution >= 0.6 is 0 Å². The van der Waals surface area contributed by atoms with Gasteiger partial charge in [0.1, 0.15) is 0 Å². The number of hydrogen-bond acceptors (Lipinski definition) is 7. The van der Waals surface area contributed by atoms with Crippen molar-refractivity contribution in [2.45, 2.75) is 6.42 Å². The van der Waals surface area contributed by atoms with Crippen LogP contribution in [-0.2, 0) is 4.79 Å². The largest absolute Gasteiger partial charge is 0.313 e. The van der Waals surface area contributed by atoms with Gasteiger partial charge in [0, 0.05) is 23.7 Å². The first-order chi connectivity index (χ1) is 27.6. The summed E-state index contributed by atoms with van der Waals surface area (Å²) in [7, 11) is 1.83. The molecule has 56 heavy (non-hydrogen) atoms. The van der Waals surface area contributed by atoms with Crippen LogP contribution in [-0.4, -0.2) is 39.3 Å². The van der Waals surface area contributed by atoms with Crippen LogP contribution in [0.15, 0.2) is 182 Å². The van der Waals surface area contributed by atoms with Crippen molar-refractivity contribution < 1.29 is 9.59 Å². The molecule has 0 bridgehead atoms. The molecule has 1 aliphatic carbocycles. The van der Waals surface area contributed by atoms with E-state index >= 15 is 0 Å². The third-order valence-electron chi connectivity index (χ3n) is 9.49. The zero-order valence-corrected chi connectivity index (χ0v) is 30.6. The Morgan fingerprint density at radius 1 is 0.536 bits per heavy atom. The van der Waals surface area contributed by atoms with Crippen LogP contribution < -0.4 is 9.80 Å². The smallest absolute Gasteiger partial charge is 0.269 e. The average molecular weight is 729 g/mol. The second-order valence-electron chi connectivity index (χ2n) is 13.1. The van der Waals surface area contributed by atoms with Crippen molar-refractivity contribution >= 4 is 35.5 Å². The molecule has 2 amide bonds. The molecule has 7 aromatic rings. The monoisotopic (exact) mass is 728 g/mol. The van der Waals surface area contributed by atoms with Crippen LogP contribution in [0.25, 0.3) is 50.5 Å². The Morgan fingerprint density at radius 3 is 1.59 bits per heavy atom. The number of imide groups is 1. The zero-order chi connectivity index (χ0) is 38.3. The van der Waals surface area contributed by atoms with E-state index in [2.05, 4.69) is 12.2 Å². The Bertz CT molecular complexity index is 2550. The highest BCUT2D eigenvalue weighted by Crippen LogP contribution is 2.35. The predicted molar refractivity (Wildman–Crippen MR) is 224 cm³/mol. The maximum absolute atomic E-state index is 15.0. The second kappa shape index (κ2) is 16.2. The average Bonchev–Trinajstić information content (AvgIpc) is 3.57. The number of anilines is 3. The lowest BCUT2D eigenvalue weighted by atomic mass is 10.0. The Hall–Kier alpha value is -7.58. The molecule has 0 unspecified atom stereocenters. The number of carbonyl (C=O) groups excluding carboxylic acids is 2. The first kappa shape index (κ1) is 35.4. The summed E-state index contributed by atoms with van der Waals surface area (Å²) >= 11 is 0. The standard InChI is InChI=1S/C48H36N6O2/c1-53(47-49-41(35-20-8-2-3-9-21-35)31-42(50-47)36-22-12-5-13-23-36)45-29-28-39(34-18-10-4-11-19-34)30-40(45)46(56)54(33-55)48-51-43(37-24-14-6-15-25-37)32-44(52-48)38-26-16-7-17-27-38/h2-20,22-33H,21H2,1H3. The summed E-state index contributed by atoms with van der Waals surface area (Å²) in [6, 6.07) is 48.4. The van der Waals surface area contributed by atoms with E-state index in [1.165, 1.54) is 0 Å². The van der Waals surface area contributed by atoms with Crippen LogP contribution in [0.4, 0.5) is 17.6 Å². The minimum atomic E-state index is -0.606. The topological polar surface area (TPSA) is 92.2 Å². The molecule has 270 valence electrons. The molecule has 0 saturated carbocycles. The molecule has 0 aliphatic heterocycles. The van der Waals surface area contributed by atoms with E-state index in [9.17, 15) is 9.59 Å². The second-order valence-corrected chi connectivity index (χ2v) is 13.1. The van der Waals surface area contributed by atoms with Gasteiger partial charge in [-0.3, -0.25) is 9.59 Å². The van der Waals surface area contributed by atoms with Gasteiger partial charge < -0.3 is 4.90 Å². The highest BCUT2D eigenvalue weighted by Gasteiger charge is 2.27. The maximum Gasteiger partial charge on any atom is 0.269 e. The molecule has 0 fully saturated rings. The number of hydrogen-bond donors (Lipinski definition) is 0. The van der Waals surface area contributed by atoms with Crippen molar-refractivity contribution in [2.75, 3.05) is 16.8 Å². The molecule has 0 radical (unpaired) electrons. The summed E-state index contributed by atoms with van der Waals surface area (Å²) in [5.74, 6) is -0.271. The fraction of sp³-hybridized carbons (Fsp3) is 0.0417. The molecule has 0 atom stereocenters. The quantitative estimate of drug-likeness (QED) is 0.129. The van der Waals surface area contributed by atoms with E-state index in [0.717, 1.165) is 49.7 Å². The van der Waals surface area contributed by atoms with E-state index in [4.69, 9.17) is 19.9 Å². The normalized spacial score (nSPS) is 12.1. The summed E-state index contributed by atoms with van der Waals surface area (Å²) in [6.45, 7) is 0. The number of nitrogens with zero attached hydrogens (tertiary/aromatic N) is 6. The van der Waals surface area contributed by atoms with Gasteiger partial charge in [-0.25, -0.2) is 24.8 Å². The number of aromatic nitrogens is 4. The molecule has 8 heteroatoms. The van der Waals surface area contributed by atoms with Gasteiger partial charge in [-0.1, -0.05) is 158 Å². The lowest BCUT2D eigenvalue weighted by Gasteiger charge is -2.24. The van der Waals surface area contributed by atoms with Crippen LogP contribution in [0.3, 0.4) is 0 Å². The summed E-state index contributed by atoms with van der Waals surface area (Å²) in [4.78, 5) is 50.5. The van der Waals surface area contributed by atoms with Gasteiger partial charge in [-0.15, -0.1) is 0 Å². The van der Waals surface area contributed by atoms with Crippen molar-refractivity contribution in [1.29, 1.82) is 0 Å². The first-order valence-corrected chi connectivity index (χ1v) is 18.2. The third-order valence-corrected chi connectivity index (χ3v) is 9.49. The molecule has 8 rings (SSSR count). The number of allylic oxidation sites excluding steroid dienone is 6. The first-order valence-electron chi connectivity index (χ1n) is 18.2. The third kappa shape index (κ3) is 7.58. The lowest BCUT2D eigenvalue weighted by molar-refractivity contribution is -0.107. The van der Waals surface area contributed by atoms with E-state index < -0.39 is 5.91 Å². The summed E-state index contributed by atoms with van der Waals surface area (Å²) < 4.78 is 0. The minimum Gasteiger partial charge on any atom is -0.313 e. The van der Waals surface area contributed by atoms with E-state index in [-0.39, 0.29) is 11.5 Å². The van der Waals surface area contributed by atoms with Gasteiger partial charge in [-0.05, 0) is 47.4 Å². The number of carbonyl (C=O) groups is 2. The highest BCUT2D eigenvalue weighted by molar-refractivity contribution is 6.17. The Balaban J connectivity index is 1.28. The SMILES string of the molecule is CN(c1nc(C2=CC=CC=CC2)cc(-c2ccccc2)n1)c1ccc(-c2ccccc2)cc1C(=O)N(C=O)c1nc(-c2ccccc2)cc(-c2ccccc2)n1.